The van der Waals surface area contributed by atoms with Gasteiger partial charge in [-0.15, -0.1) is 0 Å². The first-order chi connectivity index (χ1) is 11.7. The van der Waals surface area contributed by atoms with Crippen LogP contribution < -0.4 is 0 Å². The van der Waals surface area contributed by atoms with E-state index < -0.39 is 0 Å². The summed E-state index contributed by atoms with van der Waals surface area (Å²) in [5.41, 5.74) is 3.36. The number of hydrogen-bond donors (Lipinski definition) is 0. The molecule has 2 aromatic carbocycles. The fraction of sp³-hybridized carbons (Fsp3) is 0.150. The monoisotopic (exact) mass is 383 g/mol. The maximum Gasteiger partial charge on any atom is 0.330 e. The molecule has 1 heterocycles. The van der Waals surface area contributed by atoms with Crippen molar-refractivity contribution in [1.29, 1.82) is 0 Å². The van der Waals surface area contributed by atoms with Gasteiger partial charge in [-0.05, 0) is 36.8 Å². The summed E-state index contributed by atoms with van der Waals surface area (Å²) in [4.78, 5) is 11.6. The number of hydrogen-bond acceptors (Lipinski definition) is 2. The van der Waals surface area contributed by atoms with Crippen molar-refractivity contribution < 1.29 is 9.53 Å². The maximum absolute atomic E-state index is 11.6. The van der Waals surface area contributed by atoms with Gasteiger partial charge in [0, 0.05) is 39.8 Å². The standard InChI is InChI=1S/C20H18BrNO2/c1-2-24-20(23)11-8-16-14-22(13-15-6-4-3-5-7-15)19-10-9-17(21)12-18(16)19/h3-12,14H,2,13H2,1H3. The quantitative estimate of drug-likeness (QED) is 0.457. The molecule has 0 aliphatic rings. The first-order valence-corrected chi connectivity index (χ1v) is 8.64. The van der Waals surface area contributed by atoms with Crippen molar-refractivity contribution in [3.63, 3.8) is 0 Å². The largest absolute Gasteiger partial charge is 0.463 e. The SMILES string of the molecule is CCOC(=O)C=Cc1cn(Cc2ccccc2)c2ccc(Br)cc12. The minimum absolute atomic E-state index is 0.323. The lowest BCUT2D eigenvalue weighted by Gasteiger charge is -2.05. The number of aromatic nitrogens is 1. The Hall–Kier alpha value is -2.33. The Morgan fingerprint density at radius 3 is 2.75 bits per heavy atom. The van der Waals surface area contributed by atoms with Crippen molar-refractivity contribution in [1.82, 2.24) is 4.57 Å². The minimum Gasteiger partial charge on any atom is -0.463 e. The third-order valence-electron chi connectivity index (χ3n) is 3.76. The van der Waals surface area contributed by atoms with Gasteiger partial charge in [0.05, 0.1) is 6.61 Å². The van der Waals surface area contributed by atoms with Crippen LogP contribution in [0.15, 0.2) is 65.3 Å². The lowest BCUT2D eigenvalue weighted by molar-refractivity contribution is -0.137. The molecule has 0 aliphatic carbocycles. The fourth-order valence-electron chi connectivity index (χ4n) is 2.69. The van der Waals surface area contributed by atoms with E-state index in [1.807, 2.05) is 30.3 Å². The lowest BCUT2D eigenvalue weighted by atomic mass is 10.1. The molecule has 0 radical (unpaired) electrons. The Kier molecular flexibility index (Phi) is 5.16. The van der Waals surface area contributed by atoms with Gasteiger partial charge in [-0.1, -0.05) is 46.3 Å². The molecule has 4 heteroatoms. The summed E-state index contributed by atoms with van der Waals surface area (Å²) in [6.45, 7) is 2.96. The van der Waals surface area contributed by atoms with Crippen LogP contribution in [0.5, 0.6) is 0 Å². The first-order valence-electron chi connectivity index (χ1n) is 7.84. The molecular formula is C20H18BrNO2. The molecule has 3 aromatic rings. The van der Waals surface area contributed by atoms with Crippen molar-refractivity contribution in [2.24, 2.45) is 0 Å². The third kappa shape index (κ3) is 3.77. The zero-order valence-electron chi connectivity index (χ0n) is 13.4. The van der Waals surface area contributed by atoms with Crippen LogP contribution in [-0.4, -0.2) is 17.1 Å². The molecular weight excluding hydrogens is 366 g/mol. The summed E-state index contributed by atoms with van der Waals surface area (Å²) >= 11 is 3.52. The van der Waals surface area contributed by atoms with Gasteiger partial charge in [0.25, 0.3) is 0 Å². The Labute approximate surface area is 149 Å². The zero-order valence-corrected chi connectivity index (χ0v) is 15.0. The predicted molar refractivity (Wildman–Crippen MR) is 101 cm³/mol. The van der Waals surface area contributed by atoms with Gasteiger partial charge in [-0.25, -0.2) is 4.79 Å². The summed E-state index contributed by atoms with van der Waals surface area (Å²) < 4.78 is 8.17. The van der Waals surface area contributed by atoms with Gasteiger partial charge in [0.2, 0.25) is 0 Å². The van der Waals surface area contributed by atoms with Crippen molar-refractivity contribution in [2.75, 3.05) is 6.61 Å². The summed E-state index contributed by atoms with van der Waals surface area (Å²) in [7, 11) is 0. The van der Waals surface area contributed by atoms with Crippen molar-refractivity contribution in [2.45, 2.75) is 13.5 Å². The van der Waals surface area contributed by atoms with E-state index in [9.17, 15) is 4.79 Å². The molecule has 3 nitrogen and oxygen atoms in total. The smallest absolute Gasteiger partial charge is 0.330 e. The van der Waals surface area contributed by atoms with Crippen molar-refractivity contribution in [3.05, 3.63) is 76.4 Å². The molecule has 0 unspecified atom stereocenters. The van der Waals surface area contributed by atoms with E-state index >= 15 is 0 Å². The van der Waals surface area contributed by atoms with Crippen molar-refractivity contribution >= 4 is 38.9 Å². The molecule has 0 amide bonds. The Balaban J connectivity index is 2.00. The van der Waals surface area contributed by atoms with Gasteiger partial charge < -0.3 is 9.30 Å². The average Bonchev–Trinajstić information content (AvgIpc) is 2.91. The summed E-state index contributed by atoms with van der Waals surface area (Å²) in [5, 5.41) is 1.10. The minimum atomic E-state index is -0.323. The van der Waals surface area contributed by atoms with E-state index in [0.29, 0.717) is 6.61 Å². The maximum atomic E-state index is 11.6. The van der Waals surface area contributed by atoms with E-state index in [2.05, 4.69) is 51.0 Å². The lowest BCUT2D eigenvalue weighted by Crippen LogP contribution is -1.98. The molecule has 122 valence electrons. The molecule has 0 saturated heterocycles. The van der Waals surface area contributed by atoms with E-state index in [4.69, 9.17) is 4.74 Å². The molecule has 24 heavy (non-hydrogen) atoms. The number of halogens is 1. The summed E-state index contributed by atoms with van der Waals surface area (Å²) in [6.07, 6.45) is 5.36. The number of fused-ring (bicyclic) bond motifs is 1. The molecule has 0 aliphatic heterocycles. The summed E-state index contributed by atoms with van der Waals surface area (Å²) in [5.74, 6) is -0.323. The molecule has 0 bridgehead atoms. The summed E-state index contributed by atoms with van der Waals surface area (Å²) in [6, 6.07) is 16.5. The number of ether oxygens (including phenoxy) is 1. The highest BCUT2D eigenvalue weighted by molar-refractivity contribution is 9.10. The Bertz CT molecular complexity index is 881. The number of rotatable bonds is 5. The topological polar surface area (TPSA) is 31.2 Å². The number of benzene rings is 2. The molecule has 0 saturated carbocycles. The fourth-order valence-corrected chi connectivity index (χ4v) is 3.05. The van der Waals surface area contributed by atoms with Gasteiger partial charge >= 0.3 is 5.97 Å². The van der Waals surface area contributed by atoms with Crippen molar-refractivity contribution in [3.8, 4) is 0 Å². The molecule has 0 atom stereocenters. The second-order valence-corrected chi connectivity index (χ2v) is 6.36. The van der Waals surface area contributed by atoms with E-state index in [1.54, 1.807) is 6.92 Å². The molecule has 1 aromatic heterocycles. The van der Waals surface area contributed by atoms with Gasteiger partial charge in [-0.3, -0.25) is 0 Å². The van der Waals surface area contributed by atoms with E-state index in [1.165, 1.54) is 11.6 Å². The van der Waals surface area contributed by atoms with Crippen LogP contribution in [0.25, 0.3) is 17.0 Å². The number of esters is 1. The van der Waals surface area contributed by atoms with Crippen LogP contribution in [0.4, 0.5) is 0 Å². The van der Waals surface area contributed by atoms with Crippen LogP contribution in [0.3, 0.4) is 0 Å². The van der Waals surface area contributed by atoms with Crippen LogP contribution in [-0.2, 0) is 16.1 Å². The molecule has 3 rings (SSSR count). The van der Waals surface area contributed by atoms with E-state index in [0.717, 1.165) is 27.5 Å². The highest BCUT2D eigenvalue weighted by Crippen LogP contribution is 2.27. The number of nitrogens with zero attached hydrogens (tertiary/aromatic N) is 1. The van der Waals surface area contributed by atoms with Crippen LogP contribution in [0.2, 0.25) is 0 Å². The van der Waals surface area contributed by atoms with Crippen LogP contribution in [0.1, 0.15) is 18.1 Å². The van der Waals surface area contributed by atoms with Gasteiger partial charge in [0.15, 0.2) is 0 Å². The van der Waals surface area contributed by atoms with Crippen LogP contribution in [0, 0.1) is 0 Å². The van der Waals surface area contributed by atoms with Gasteiger partial charge in [0.1, 0.15) is 0 Å². The number of carbonyl (C=O) groups excluding carboxylic acids is 1. The second kappa shape index (κ2) is 7.49. The number of carbonyl (C=O) groups is 1. The molecule has 0 fully saturated rings. The zero-order chi connectivity index (χ0) is 16.9. The normalized spacial score (nSPS) is 11.2. The van der Waals surface area contributed by atoms with Crippen LogP contribution >= 0.6 is 15.9 Å². The molecule has 0 N–H and O–H groups in total. The third-order valence-corrected chi connectivity index (χ3v) is 4.25. The highest BCUT2D eigenvalue weighted by Gasteiger charge is 2.08. The predicted octanol–water partition coefficient (Wildman–Crippen LogP) is 5.03. The average molecular weight is 384 g/mol. The Morgan fingerprint density at radius 1 is 1.21 bits per heavy atom. The second-order valence-electron chi connectivity index (χ2n) is 5.44. The van der Waals surface area contributed by atoms with E-state index in [-0.39, 0.29) is 5.97 Å². The molecule has 0 spiro atoms. The Morgan fingerprint density at radius 2 is 2.00 bits per heavy atom. The highest BCUT2D eigenvalue weighted by atomic mass is 79.9. The van der Waals surface area contributed by atoms with Gasteiger partial charge in [-0.2, -0.15) is 0 Å². The first kappa shape index (κ1) is 16.5.